The van der Waals surface area contributed by atoms with Gasteiger partial charge in [0, 0.05) is 19.2 Å². The monoisotopic (exact) mass is 411 g/mol. The van der Waals surface area contributed by atoms with Gasteiger partial charge in [0.15, 0.2) is 5.78 Å². The van der Waals surface area contributed by atoms with Gasteiger partial charge in [-0.25, -0.2) is 4.79 Å². The summed E-state index contributed by atoms with van der Waals surface area (Å²) in [4.78, 5) is 23.3. The average molecular weight is 412 g/mol. The molecule has 2 N–H and O–H groups in total. The number of para-hydroxylation sites is 1. The lowest BCUT2D eigenvalue weighted by Crippen LogP contribution is -2.34. The quantitative estimate of drug-likeness (QED) is 0.607. The minimum atomic E-state index is -0.844. The van der Waals surface area contributed by atoms with Crippen LogP contribution in [-0.4, -0.2) is 40.6 Å². The van der Waals surface area contributed by atoms with Crippen molar-refractivity contribution in [3.8, 4) is 5.75 Å². The van der Waals surface area contributed by atoms with Crippen molar-refractivity contribution in [3.63, 3.8) is 0 Å². The second-order valence-corrected chi connectivity index (χ2v) is 7.94. The third-order valence-corrected chi connectivity index (χ3v) is 5.84. The lowest BCUT2D eigenvalue weighted by atomic mass is 9.60. The number of phenols is 1. The zero-order chi connectivity index (χ0) is 21.9. The first kappa shape index (κ1) is 23.5. The highest BCUT2D eigenvalue weighted by molar-refractivity contribution is 6.10. The molecule has 0 aliphatic heterocycles. The van der Waals surface area contributed by atoms with Gasteiger partial charge in [-0.15, -0.1) is 0 Å². The van der Waals surface area contributed by atoms with Crippen LogP contribution in [0.3, 0.4) is 0 Å². The number of fused-ring (bicyclic) bond motifs is 1. The van der Waals surface area contributed by atoms with Crippen molar-refractivity contribution in [2.24, 2.45) is 11.8 Å². The second kappa shape index (κ2) is 12.0. The largest absolute Gasteiger partial charge is 0.507 e. The van der Waals surface area contributed by atoms with Crippen LogP contribution in [0.25, 0.3) is 0 Å². The molecule has 0 radical (unpaired) electrons. The maximum Gasteiger partial charge on any atom is 0.407 e. The molecule has 30 heavy (non-hydrogen) atoms. The summed E-state index contributed by atoms with van der Waals surface area (Å²) in [7, 11) is 1.58. The van der Waals surface area contributed by atoms with Gasteiger partial charge < -0.3 is 15.1 Å². The Morgan fingerprint density at radius 1 is 0.933 bits per heavy atom. The fourth-order valence-corrected chi connectivity index (χ4v) is 3.47. The zero-order valence-corrected chi connectivity index (χ0v) is 18.0. The summed E-state index contributed by atoms with van der Waals surface area (Å²) in [5.74, 6) is 2.29. The maximum atomic E-state index is 11.9. The molecular weight excluding hydrogens is 378 g/mol. The van der Waals surface area contributed by atoms with Crippen molar-refractivity contribution in [3.05, 3.63) is 65.7 Å². The SMILES string of the molecule is C1CC2CCC12.CCCCN(C)C(=O)O.O=C(c1ccccc1)c1ccccc1O. The van der Waals surface area contributed by atoms with Gasteiger partial charge in [-0.3, -0.25) is 4.79 Å². The fraction of sp³-hybridized carbons (Fsp3) is 0.440. The molecular formula is C25H33NO4. The molecule has 0 heterocycles. The molecule has 5 heteroatoms. The molecule has 0 aromatic heterocycles. The van der Waals surface area contributed by atoms with Crippen LogP contribution in [0.15, 0.2) is 54.6 Å². The summed E-state index contributed by atoms with van der Waals surface area (Å²) in [5, 5.41) is 17.9. The van der Waals surface area contributed by atoms with Gasteiger partial charge in [0.25, 0.3) is 0 Å². The highest BCUT2D eigenvalue weighted by atomic mass is 16.4. The molecule has 162 valence electrons. The minimum absolute atomic E-state index is 0.0198. The molecule has 1 amide bonds. The Hall–Kier alpha value is -2.82. The van der Waals surface area contributed by atoms with Crippen molar-refractivity contribution in [1.29, 1.82) is 0 Å². The molecule has 0 spiro atoms. The number of hydrogen-bond donors (Lipinski definition) is 2. The van der Waals surface area contributed by atoms with Crippen molar-refractivity contribution in [1.82, 2.24) is 4.90 Å². The van der Waals surface area contributed by atoms with Crippen LogP contribution in [0, 0.1) is 11.8 Å². The highest BCUT2D eigenvalue weighted by Crippen LogP contribution is 2.49. The van der Waals surface area contributed by atoms with Gasteiger partial charge in [0.1, 0.15) is 5.75 Å². The Labute approximate surface area is 179 Å². The number of benzene rings is 2. The molecule has 4 rings (SSSR count). The minimum Gasteiger partial charge on any atom is -0.507 e. The number of ketones is 1. The number of phenolic OH excluding ortho intramolecular Hbond substituents is 1. The van der Waals surface area contributed by atoms with Gasteiger partial charge in [-0.1, -0.05) is 55.8 Å². The molecule has 2 saturated carbocycles. The molecule has 2 aliphatic rings. The lowest BCUT2D eigenvalue weighted by Gasteiger charge is -2.46. The van der Waals surface area contributed by atoms with Crippen molar-refractivity contribution in [2.45, 2.75) is 45.4 Å². The Bertz CT molecular complexity index is 788. The number of carbonyl (C=O) groups excluding carboxylic acids is 1. The van der Waals surface area contributed by atoms with E-state index in [4.69, 9.17) is 5.11 Å². The number of amides is 1. The van der Waals surface area contributed by atoms with Crippen molar-refractivity contribution in [2.75, 3.05) is 13.6 Å². The van der Waals surface area contributed by atoms with E-state index in [0.29, 0.717) is 17.7 Å². The Balaban J connectivity index is 0.000000180. The van der Waals surface area contributed by atoms with Crippen molar-refractivity contribution >= 4 is 11.9 Å². The Morgan fingerprint density at radius 3 is 1.90 bits per heavy atom. The third kappa shape index (κ3) is 6.90. The molecule has 2 aliphatic carbocycles. The Kier molecular flexibility index (Phi) is 9.39. The highest BCUT2D eigenvalue weighted by Gasteiger charge is 2.37. The Morgan fingerprint density at radius 2 is 1.47 bits per heavy atom. The molecule has 0 atom stereocenters. The first-order valence-electron chi connectivity index (χ1n) is 10.8. The predicted molar refractivity (Wildman–Crippen MR) is 119 cm³/mol. The summed E-state index contributed by atoms with van der Waals surface area (Å²) >= 11 is 0. The van der Waals surface area contributed by atoms with E-state index in [1.807, 2.05) is 13.0 Å². The van der Waals surface area contributed by atoms with Crippen LogP contribution < -0.4 is 0 Å². The van der Waals surface area contributed by atoms with Gasteiger partial charge >= 0.3 is 6.09 Å². The molecule has 2 fully saturated rings. The smallest absolute Gasteiger partial charge is 0.407 e. The van der Waals surface area contributed by atoms with E-state index in [0.717, 1.165) is 12.8 Å². The maximum absolute atomic E-state index is 11.9. The number of unbranched alkanes of at least 4 members (excludes halogenated alkanes) is 1. The summed E-state index contributed by atoms with van der Waals surface area (Å²) in [6.45, 7) is 2.68. The number of aromatic hydroxyl groups is 1. The van der Waals surface area contributed by atoms with E-state index in [-0.39, 0.29) is 11.5 Å². The average Bonchev–Trinajstić information content (AvgIpc) is 2.75. The van der Waals surface area contributed by atoms with E-state index in [9.17, 15) is 14.7 Å². The first-order valence-corrected chi connectivity index (χ1v) is 10.8. The van der Waals surface area contributed by atoms with Crippen LogP contribution in [0.1, 0.15) is 61.4 Å². The van der Waals surface area contributed by atoms with Gasteiger partial charge in [0.05, 0.1) is 5.56 Å². The van der Waals surface area contributed by atoms with Crippen molar-refractivity contribution < 1.29 is 19.8 Å². The van der Waals surface area contributed by atoms with E-state index in [1.54, 1.807) is 75.2 Å². The van der Waals surface area contributed by atoms with Gasteiger partial charge in [0.2, 0.25) is 0 Å². The van der Waals surface area contributed by atoms with Gasteiger partial charge in [-0.2, -0.15) is 0 Å². The van der Waals surface area contributed by atoms with E-state index in [1.165, 1.54) is 22.8 Å². The van der Waals surface area contributed by atoms with Crippen LogP contribution in [0.5, 0.6) is 5.75 Å². The van der Waals surface area contributed by atoms with Crippen LogP contribution in [-0.2, 0) is 0 Å². The van der Waals surface area contributed by atoms with Crippen LogP contribution >= 0.6 is 0 Å². The number of rotatable bonds is 5. The molecule has 0 unspecified atom stereocenters. The van der Waals surface area contributed by atoms with E-state index >= 15 is 0 Å². The standard InChI is InChI=1S/C13H10O2.C6H13NO2.C6H10/c14-12-9-5-4-8-11(12)13(15)10-6-2-1-3-7-10;1-3-4-5-7(2)6(8)9;1-2-6-4-3-5(1)6/h1-9,14H;3-5H2,1-2H3,(H,8,9);5-6H,1-4H2. The number of hydrogen-bond acceptors (Lipinski definition) is 3. The third-order valence-electron chi connectivity index (χ3n) is 5.84. The second-order valence-electron chi connectivity index (χ2n) is 7.94. The molecule has 2 aromatic carbocycles. The van der Waals surface area contributed by atoms with E-state index in [2.05, 4.69) is 0 Å². The van der Waals surface area contributed by atoms with Crippen LogP contribution in [0.2, 0.25) is 0 Å². The number of carboxylic acid groups (broad SMARTS) is 1. The molecule has 5 nitrogen and oxygen atoms in total. The predicted octanol–water partition coefficient (Wildman–Crippen LogP) is 5.83. The van der Waals surface area contributed by atoms with Gasteiger partial charge in [-0.05, 0) is 56.1 Å². The first-order chi connectivity index (χ1) is 14.4. The number of nitrogens with zero attached hydrogens (tertiary/aromatic N) is 1. The number of carbonyl (C=O) groups is 2. The normalized spacial score (nSPS) is 18.1. The lowest BCUT2D eigenvalue weighted by molar-refractivity contribution is 0.0548. The summed E-state index contributed by atoms with van der Waals surface area (Å²) in [6.07, 6.45) is 7.38. The molecule has 0 bridgehead atoms. The van der Waals surface area contributed by atoms with E-state index < -0.39 is 6.09 Å². The topological polar surface area (TPSA) is 77.8 Å². The molecule has 2 aromatic rings. The summed E-state index contributed by atoms with van der Waals surface area (Å²) in [5.41, 5.74) is 0.919. The zero-order valence-electron chi connectivity index (χ0n) is 18.0. The fourth-order valence-electron chi connectivity index (χ4n) is 3.47. The molecule has 0 saturated heterocycles. The summed E-state index contributed by atoms with van der Waals surface area (Å²) in [6, 6.07) is 15.5. The summed E-state index contributed by atoms with van der Waals surface area (Å²) < 4.78 is 0. The van der Waals surface area contributed by atoms with Crippen LogP contribution in [0.4, 0.5) is 4.79 Å².